The van der Waals surface area contributed by atoms with E-state index in [9.17, 15) is 9.90 Å². The number of rotatable bonds is 6. The van der Waals surface area contributed by atoms with Crippen molar-refractivity contribution in [2.24, 2.45) is 4.99 Å². The number of nitrogens with zero attached hydrogens (tertiary/aromatic N) is 2. The van der Waals surface area contributed by atoms with Gasteiger partial charge < -0.3 is 15.2 Å². The first-order chi connectivity index (χ1) is 13.3. The number of nitriles is 1. The lowest BCUT2D eigenvalue weighted by atomic mass is 9.84. The van der Waals surface area contributed by atoms with Crippen molar-refractivity contribution in [3.05, 3.63) is 46.5 Å². The van der Waals surface area contributed by atoms with Gasteiger partial charge in [-0.25, -0.2) is 0 Å². The Morgan fingerprint density at radius 3 is 2.79 bits per heavy atom. The second-order valence-corrected chi connectivity index (χ2v) is 8.13. The molecule has 148 valence electrons. The highest BCUT2D eigenvalue weighted by Gasteiger charge is 2.37. The molecule has 6 heteroatoms. The molecule has 0 spiro atoms. The lowest BCUT2D eigenvalue weighted by molar-refractivity contribution is -0.137. The van der Waals surface area contributed by atoms with E-state index in [1.165, 1.54) is 5.57 Å². The number of carboxylic acid groups (broad SMARTS) is 1. The van der Waals surface area contributed by atoms with Gasteiger partial charge >= 0.3 is 5.97 Å². The number of nitrogens with one attached hydrogen (secondary N) is 1. The minimum atomic E-state index is -0.869. The van der Waals surface area contributed by atoms with Crippen molar-refractivity contribution in [3.8, 4) is 6.07 Å². The Hall–Kier alpha value is -2.49. The molecule has 2 heterocycles. The van der Waals surface area contributed by atoms with E-state index in [2.05, 4.69) is 37.1 Å². The normalized spacial score (nSPS) is 24.4. The number of ether oxygens (including phenoxy) is 1. The van der Waals surface area contributed by atoms with Gasteiger partial charge in [0.2, 0.25) is 0 Å². The molecule has 0 radical (unpaired) electrons. The van der Waals surface area contributed by atoms with Crippen LogP contribution in [-0.2, 0) is 9.53 Å². The summed E-state index contributed by atoms with van der Waals surface area (Å²) >= 11 is 0. The summed E-state index contributed by atoms with van der Waals surface area (Å²) in [5.74, 6) is -0.869. The van der Waals surface area contributed by atoms with Crippen LogP contribution in [0.1, 0.15) is 57.2 Å². The summed E-state index contributed by atoms with van der Waals surface area (Å²) in [5, 5.41) is 21.6. The number of carbonyl (C=O) groups is 1. The van der Waals surface area contributed by atoms with Gasteiger partial charge in [0.05, 0.1) is 29.7 Å². The summed E-state index contributed by atoms with van der Waals surface area (Å²) in [6.45, 7) is 6.82. The molecule has 2 aliphatic heterocycles. The molecule has 2 N–H and O–H groups in total. The van der Waals surface area contributed by atoms with Gasteiger partial charge in [-0.2, -0.15) is 5.26 Å². The molecule has 2 aliphatic rings. The summed E-state index contributed by atoms with van der Waals surface area (Å²) in [7, 11) is 0. The molecule has 1 aromatic rings. The van der Waals surface area contributed by atoms with Crippen molar-refractivity contribution in [1.29, 1.82) is 5.26 Å². The number of aliphatic imine (C=N–C) groups is 1. The molecule has 28 heavy (non-hydrogen) atoms. The van der Waals surface area contributed by atoms with E-state index in [-0.39, 0.29) is 30.2 Å². The quantitative estimate of drug-likeness (QED) is 0.788. The van der Waals surface area contributed by atoms with Crippen LogP contribution in [0, 0.1) is 11.3 Å². The fraction of sp³-hybridized carbons (Fsp3) is 0.500. The second-order valence-electron chi connectivity index (χ2n) is 8.13. The van der Waals surface area contributed by atoms with Crippen molar-refractivity contribution >= 4 is 12.2 Å². The Labute approximate surface area is 165 Å². The zero-order valence-corrected chi connectivity index (χ0v) is 16.6. The number of carboxylic acids is 1. The molecule has 0 amide bonds. The minimum absolute atomic E-state index is 0.0154. The Morgan fingerprint density at radius 2 is 2.14 bits per heavy atom. The van der Waals surface area contributed by atoms with Crippen LogP contribution in [0.15, 0.2) is 40.4 Å². The standard InChI is InChI=1S/C22H27N3O3/c1-14-21-18(8-9-22(2,3)28-21)17(12-24-14)13-25-19(10-20(26)27)16-6-4-15(11-23)5-7-16/h4-7,12,14,19,21,25H,8-10,13H2,1-3H3,(H,26,27)/t14?,19-,21?/m0/s1. The van der Waals surface area contributed by atoms with Crippen LogP contribution in [0.25, 0.3) is 0 Å². The molecular formula is C22H27N3O3. The third-order valence-corrected chi connectivity index (χ3v) is 5.46. The smallest absolute Gasteiger partial charge is 0.305 e. The Bertz CT molecular complexity index is 834. The lowest BCUT2D eigenvalue weighted by Gasteiger charge is -2.42. The van der Waals surface area contributed by atoms with Crippen LogP contribution < -0.4 is 5.32 Å². The maximum atomic E-state index is 11.3. The van der Waals surface area contributed by atoms with Crippen molar-refractivity contribution < 1.29 is 14.6 Å². The first kappa shape index (κ1) is 20.2. The summed E-state index contributed by atoms with van der Waals surface area (Å²) in [6, 6.07) is 8.87. The molecule has 3 rings (SSSR count). The molecule has 2 unspecified atom stereocenters. The van der Waals surface area contributed by atoms with Gasteiger partial charge in [0.25, 0.3) is 0 Å². The van der Waals surface area contributed by atoms with E-state index in [1.54, 1.807) is 12.1 Å². The Morgan fingerprint density at radius 1 is 1.43 bits per heavy atom. The average Bonchev–Trinajstić information content (AvgIpc) is 2.66. The van der Waals surface area contributed by atoms with Crippen molar-refractivity contribution in [2.75, 3.05) is 6.54 Å². The van der Waals surface area contributed by atoms with E-state index in [4.69, 9.17) is 10.00 Å². The number of fused-ring (bicyclic) bond motifs is 1. The Balaban J connectivity index is 1.77. The highest BCUT2D eigenvalue weighted by atomic mass is 16.5. The number of hydrogen-bond acceptors (Lipinski definition) is 5. The molecule has 3 atom stereocenters. The van der Waals surface area contributed by atoms with Crippen LogP contribution >= 0.6 is 0 Å². The third-order valence-electron chi connectivity index (χ3n) is 5.46. The van der Waals surface area contributed by atoms with Crippen LogP contribution in [-0.4, -0.2) is 41.6 Å². The molecule has 1 aromatic carbocycles. The zero-order valence-electron chi connectivity index (χ0n) is 16.6. The molecule has 0 bridgehead atoms. The van der Waals surface area contributed by atoms with Crippen LogP contribution in [0.3, 0.4) is 0 Å². The van der Waals surface area contributed by atoms with Crippen LogP contribution in [0.5, 0.6) is 0 Å². The lowest BCUT2D eigenvalue weighted by Crippen LogP contribution is -2.44. The van der Waals surface area contributed by atoms with E-state index >= 15 is 0 Å². The van der Waals surface area contributed by atoms with Crippen LogP contribution in [0.4, 0.5) is 0 Å². The number of dihydropyridines is 1. The predicted molar refractivity (Wildman–Crippen MR) is 107 cm³/mol. The number of hydrogen-bond donors (Lipinski definition) is 2. The van der Waals surface area contributed by atoms with Gasteiger partial charge in [-0.15, -0.1) is 0 Å². The maximum Gasteiger partial charge on any atom is 0.305 e. The highest BCUT2D eigenvalue weighted by Crippen LogP contribution is 2.37. The minimum Gasteiger partial charge on any atom is -0.481 e. The van der Waals surface area contributed by atoms with Gasteiger partial charge in [0.1, 0.15) is 6.10 Å². The van der Waals surface area contributed by atoms with Crippen molar-refractivity contribution in [2.45, 2.75) is 63.8 Å². The molecule has 0 aliphatic carbocycles. The number of aliphatic carboxylic acids is 1. The van der Waals surface area contributed by atoms with Gasteiger partial charge in [0.15, 0.2) is 0 Å². The molecule has 1 saturated heterocycles. The monoisotopic (exact) mass is 381 g/mol. The fourth-order valence-corrected chi connectivity index (χ4v) is 3.82. The first-order valence-electron chi connectivity index (χ1n) is 9.67. The zero-order chi connectivity index (χ0) is 20.3. The van der Waals surface area contributed by atoms with E-state index in [0.29, 0.717) is 12.1 Å². The molecular weight excluding hydrogens is 354 g/mol. The van der Waals surface area contributed by atoms with E-state index < -0.39 is 5.97 Å². The van der Waals surface area contributed by atoms with Gasteiger partial charge in [-0.1, -0.05) is 12.1 Å². The van der Waals surface area contributed by atoms with Gasteiger partial charge in [0, 0.05) is 18.8 Å². The predicted octanol–water partition coefficient (Wildman–Crippen LogP) is 3.39. The van der Waals surface area contributed by atoms with Gasteiger partial charge in [-0.05, 0) is 62.5 Å². The second kappa shape index (κ2) is 8.26. The summed E-state index contributed by atoms with van der Waals surface area (Å²) in [5.41, 5.74) is 3.61. The number of benzene rings is 1. The molecule has 0 aromatic heterocycles. The summed E-state index contributed by atoms with van der Waals surface area (Å²) in [6.07, 6.45) is 3.78. The van der Waals surface area contributed by atoms with Crippen molar-refractivity contribution in [3.63, 3.8) is 0 Å². The van der Waals surface area contributed by atoms with E-state index in [0.717, 1.165) is 24.0 Å². The fourth-order valence-electron chi connectivity index (χ4n) is 3.82. The molecule has 6 nitrogen and oxygen atoms in total. The SMILES string of the molecule is CC1N=CC(CN[C@@H](CC(=O)O)c2ccc(C#N)cc2)=C2CCC(C)(C)OC21. The topological polar surface area (TPSA) is 94.7 Å². The van der Waals surface area contributed by atoms with Gasteiger partial charge in [-0.3, -0.25) is 9.79 Å². The molecule has 1 fully saturated rings. The maximum absolute atomic E-state index is 11.3. The first-order valence-corrected chi connectivity index (χ1v) is 9.67. The molecule has 0 saturated carbocycles. The largest absolute Gasteiger partial charge is 0.481 e. The Kier molecular flexibility index (Phi) is 5.97. The van der Waals surface area contributed by atoms with Crippen molar-refractivity contribution in [1.82, 2.24) is 5.32 Å². The average molecular weight is 381 g/mol. The van der Waals surface area contributed by atoms with E-state index in [1.807, 2.05) is 18.3 Å². The third kappa shape index (κ3) is 4.67. The highest BCUT2D eigenvalue weighted by molar-refractivity contribution is 5.82. The summed E-state index contributed by atoms with van der Waals surface area (Å²) in [4.78, 5) is 15.9. The van der Waals surface area contributed by atoms with Crippen LogP contribution in [0.2, 0.25) is 0 Å². The summed E-state index contributed by atoms with van der Waals surface area (Å²) < 4.78 is 6.28.